The Morgan fingerprint density at radius 1 is 1.56 bits per heavy atom. The van der Waals surface area contributed by atoms with Gasteiger partial charge in [0.2, 0.25) is 0 Å². The lowest BCUT2D eigenvalue weighted by Crippen LogP contribution is -2.27. The first-order chi connectivity index (χ1) is 8.67. The smallest absolute Gasteiger partial charge is 0.318 e. The molecule has 96 valence electrons. The van der Waals surface area contributed by atoms with Crippen LogP contribution in [0.5, 0.6) is 5.75 Å². The van der Waals surface area contributed by atoms with E-state index >= 15 is 0 Å². The number of oxime groups is 1. The zero-order chi connectivity index (χ0) is 13.1. The monoisotopic (exact) mass is 249 g/mol. The number of benzene rings is 1. The number of phenols is 1. The van der Waals surface area contributed by atoms with Gasteiger partial charge in [0.1, 0.15) is 11.7 Å². The Balaban J connectivity index is 2.31. The molecule has 0 bridgehead atoms. The molecule has 0 radical (unpaired) electrons. The molecule has 0 saturated heterocycles. The Bertz CT molecular complexity index is 484. The summed E-state index contributed by atoms with van der Waals surface area (Å²) < 4.78 is 4.79. The molecule has 1 aromatic carbocycles. The van der Waals surface area contributed by atoms with Crippen molar-refractivity contribution in [3.8, 4) is 5.75 Å². The molecule has 0 aromatic heterocycles. The summed E-state index contributed by atoms with van der Waals surface area (Å²) in [4.78, 5) is 17.1. The number of aromatic hydroxyl groups is 1. The van der Waals surface area contributed by atoms with E-state index in [2.05, 4.69) is 5.16 Å². The van der Waals surface area contributed by atoms with Crippen molar-refractivity contribution < 1.29 is 19.5 Å². The fraction of sp³-hybridized carbons (Fsp3) is 0.385. The van der Waals surface area contributed by atoms with Crippen LogP contribution in [-0.4, -0.2) is 23.9 Å². The minimum Gasteiger partial charge on any atom is -0.508 e. The molecule has 2 rings (SSSR count). The van der Waals surface area contributed by atoms with Crippen LogP contribution in [-0.2, 0) is 14.4 Å². The first-order valence-electron chi connectivity index (χ1n) is 5.76. The highest BCUT2D eigenvalue weighted by atomic mass is 16.6. The third kappa shape index (κ3) is 2.16. The number of carbonyl (C=O) groups excluding carboxylic acids is 1. The minimum absolute atomic E-state index is 0.129. The molecule has 1 aliphatic rings. The van der Waals surface area contributed by atoms with Gasteiger partial charge in [-0.25, -0.2) is 0 Å². The van der Waals surface area contributed by atoms with Gasteiger partial charge in [0.05, 0.1) is 12.8 Å². The molecule has 1 N–H and O–H groups in total. The van der Waals surface area contributed by atoms with Crippen LogP contribution >= 0.6 is 0 Å². The second-order valence-electron chi connectivity index (χ2n) is 4.06. The van der Waals surface area contributed by atoms with Gasteiger partial charge in [0, 0.05) is 0 Å². The van der Waals surface area contributed by atoms with E-state index in [9.17, 15) is 9.90 Å². The molecule has 0 saturated carbocycles. The summed E-state index contributed by atoms with van der Waals surface area (Å²) in [6.07, 6.45) is 0.0919. The summed E-state index contributed by atoms with van der Waals surface area (Å²) in [6, 6.07) is 6.61. The summed E-state index contributed by atoms with van der Waals surface area (Å²) in [7, 11) is 1.34. The number of ether oxygens (including phenoxy) is 1. The Kier molecular flexibility index (Phi) is 3.50. The van der Waals surface area contributed by atoms with Gasteiger partial charge in [-0.3, -0.25) is 4.79 Å². The van der Waals surface area contributed by atoms with E-state index in [0.717, 1.165) is 0 Å². The van der Waals surface area contributed by atoms with Gasteiger partial charge >= 0.3 is 5.97 Å². The highest BCUT2D eigenvalue weighted by Crippen LogP contribution is 2.35. The second-order valence-corrected chi connectivity index (χ2v) is 4.06. The molecule has 18 heavy (non-hydrogen) atoms. The van der Waals surface area contributed by atoms with Crippen LogP contribution in [0.3, 0.4) is 0 Å². The molecule has 0 spiro atoms. The molecular weight excluding hydrogens is 234 g/mol. The van der Waals surface area contributed by atoms with Gasteiger partial charge < -0.3 is 14.7 Å². The molecule has 0 fully saturated rings. The number of rotatable bonds is 3. The average molecular weight is 249 g/mol. The van der Waals surface area contributed by atoms with E-state index in [4.69, 9.17) is 9.57 Å². The van der Waals surface area contributed by atoms with Gasteiger partial charge in [0.25, 0.3) is 0 Å². The minimum atomic E-state index is -0.540. The van der Waals surface area contributed by atoms with Crippen molar-refractivity contribution in [2.24, 2.45) is 11.1 Å². The Hall–Kier alpha value is -2.04. The van der Waals surface area contributed by atoms with E-state index in [1.54, 1.807) is 24.3 Å². The molecule has 0 aliphatic carbocycles. The average Bonchev–Trinajstić information content (AvgIpc) is 2.81. The second kappa shape index (κ2) is 5.08. The fourth-order valence-electron chi connectivity index (χ4n) is 2.04. The van der Waals surface area contributed by atoms with Gasteiger partial charge in [-0.1, -0.05) is 24.2 Å². The van der Waals surface area contributed by atoms with Crippen molar-refractivity contribution in [1.29, 1.82) is 0 Å². The number of esters is 1. The van der Waals surface area contributed by atoms with E-state index in [0.29, 0.717) is 17.7 Å². The van der Waals surface area contributed by atoms with Crippen LogP contribution in [0.2, 0.25) is 0 Å². The zero-order valence-electron chi connectivity index (χ0n) is 10.3. The zero-order valence-corrected chi connectivity index (χ0v) is 10.3. The highest BCUT2D eigenvalue weighted by molar-refractivity contribution is 6.03. The normalized spacial score (nSPS) is 22.2. The number of phenolic OH excluding ortho intramolecular Hbond substituents is 1. The lowest BCUT2D eigenvalue weighted by Gasteiger charge is -2.16. The van der Waals surface area contributed by atoms with Gasteiger partial charge in [0.15, 0.2) is 6.10 Å². The molecule has 5 nitrogen and oxygen atoms in total. The van der Waals surface area contributed by atoms with Gasteiger partial charge in [-0.2, -0.15) is 0 Å². The van der Waals surface area contributed by atoms with Crippen LogP contribution in [0.1, 0.15) is 25.0 Å². The van der Waals surface area contributed by atoms with E-state index < -0.39 is 12.0 Å². The first-order valence-corrected chi connectivity index (χ1v) is 5.76. The quantitative estimate of drug-likeness (QED) is 0.832. The molecule has 5 heteroatoms. The van der Waals surface area contributed by atoms with Crippen molar-refractivity contribution in [2.75, 3.05) is 7.11 Å². The largest absolute Gasteiger partial charge is 0.508 e. The van der Waals surface area contributed by atoms with Crippen molar-refractivity contribution in [1.82, 2.24) is 0 Å². The van der Waals surface area contributed by atoms with Gasteiger partial charge in [-0.05, 0) is 24.1 Å². The first kappa shape index (κ1) is 12.4. The number of carbonyl (C=O) groups is 1. The van der Waals surface area contributed by atoms with E-state index in [1.807, 2.05) is 6.92 Å². The Morgan fingerprint density at radius 3 is 2.94 bits per heavy atom. The maximum absolute atomic E-state index is 11.8. The highest BCUT2D eigenvalue weighted by Gasteiger charge is 2.40. The summed E-state index contributed by atoms with van der Waals surface area (Å²) in [6.45, 7) is 1.91. The third-order valence-electron chi connectivity index (χ3n) is 2.96. The number of methoxy groups -OCH3 is 1. The van der Waals surface area contributed by atoms with Crippen LogP contribution in [0.4, 0.5) is 0 Å². The Labute approximate surface area is 105 Å². The predicted molar refractivity (Wildman–Crippen MR) is 65.2 cm³/mol. The molecule has 2 atom stereocenters. The van der Waals surface area contributed by atoms with Crippen molar-refractivity contribution >= 4 is 11.7 Å². The van der Waals surface area contributed by atoms with Crippen molar-refractivity contribution in [3.05, 3.63) is 29.8 Å². The lowest BCUT2D eigenvalue weighted by atomic mass is 9.91. The molecular formula is C13H15NO4. The lowest BCUT2D eigenvalue weighted by molar-refractivity contribution is -0.146. The van der Waals surface area contributed by atoms with E-state index in [1.165, 1.54) is 7.11 Å². The van der Waals surface area contributed by atoms with Gasteiger partial charge in [-0.15, -0.1) is 0 Å². The maximum atomic E-state index is 11.8. The van der Waals surface area contributed by atoms with Crippen LogP contribution in [0.15, 0.2) is 29.4 Å². The summed E-state index contributed by atoms with van der Waals surface area (Å²) in [5.74, 6) is -0.784. The molecule has 0 unspecified atom stereocenters. The Morgan fingerprint density at radius 2 is 2.33 bits per heavy atom. The number of nitrogens with zero attached hydrogens (tertiary/aromatic N) is 1. The molecule has 1 heterocycles. The molecule has 0 amide bonds. The summed E-state index contributed by atoms with van der Waals surface area (Å²) >= 11 is 0. The third-order valence-corrected chi connectivity index (χ3v) is 2.96. The fourth-order valence-corrected chi connectivity index (χ4v) is 2.04. The van der Waals surface area contributed by atoms with Crippen molar-refractivity contribution in [2.45, 2.75) is 19.4 Å². The molecule has 1 aliphatic heterocycles. The summed E-state index contributed by atoms with van der Waals surface area (Å²) in [5, 5.41) is 13.4. The van der Waals surface area contributed by atoms with Crippen LogP contribution in [0.25, 0.3) is 0 Å². The van der Waals surface area contributed by atoms with Crippen LogP contribution < -0.4 is 0 Å². The van der Waals surface area contributed by atoms with Crippen molar-refractivity contribution in [3.63, 3.8) is 0 Å². The topological polar surface area (TPSA) is 68.1 Å². The van der Waals surface area contributed by atoms with E-state index in [-0.39, 0.29) is 11.7 Å². The van der Waals surface area contributed by atoms with Crippen LogP contribution in [0, 0.1) is 5.92 Å². The maximum Gasteiger partial charge on any atom is 0.318 e. The predicted octanol–water partition coefficient (Wildman–Crippen LogP) is 2.02. The SMILES string of the molecule is CCC1=NO[C@@H](c2cccc(O)c2)[C@@H]1C(=O)OC. The number of hydrogen-bond donors (Lipinski definition) is 1. The number of hydrogen-bond acceptors (Lipinski definition) is 5. The summed E-state index contributed by atoms with van der Waals surface area (Å²) in [5.41, 5.74) is 1.37. The molecule has 1 aromatic rings. The standard InChI is InChI=1S/C13H15NO4/c1-3-10-11(13(16)17-2)12(18-14-10)8-5-4-6-9(15)7-8/h4-7,11-12,15H,3H2,1-2H3/t11-,12+/m1/s1.